The fourth-order valence-electron chi connectivity index (χ4n) is 4.32. The highest BCUT2D eigenvalue weighted by atomic mass is 35.5. The highest BCUT2D eigenvalue weighted by molar-refractivity contribution is 6.30. The van der Waals surface area contributed by atoms with Gasteiger partial charge in [0.2, 0.25) is 11.8 Å². The first-order chi connectivity index (χ1) is 16.4. The Balaban J connectivity index is 1.30. The van der Waals surface area contributed by atoms with Crippen molar-refractivity contribution < 1.29 is 9.59 Å². The van der Waals surface area contributed by atoms with Crippen LogP contribution in [0.5, 0.6) is 0 Å². The third kappa shape index (κ3) is 4.94. The first-order valence-electron chi connectivity index (χ1n) is 11.6. The van der Waals surface area contributed by atoms with Crippen molar-refractivity contribution in [1.82, 2.24) is 19.0 Å². The van der Waals surface area contributed by atoms with Gasteiger partial charge in [-0.2, -0.15) is 0 Å². The van der Waals surface area contributed by atoms with E-state index in [1.165, 1.54) is 0 Å². The number of halogens is 1. The van der Waals surface area contributed by atoms with Gasteiger partial charge >= 0.3 is 5.69 Å². The van der Waals surface area contributed by atoms with Crippen molar-refractivity contribution >= 4 is 46.1 Å². The van der Waals surface area contributed by atoms with Gasteiger partial charge in [-0.1, -0.05) is 17.7 Å². The molecule has 1 aromatic carbocycles. The predicted octanol–water partition coefficient (Wildman–Crippen LogP) is 2.96. The van der Waals surface area contributed by atoms with Gasteiger partial charge in [-0.15, -0.1) is 0 Å². The zero-order valence-corrected chi connectivity index (χ0v) is 20.2. The van der Waals surface area contributed by atoms with E-state index >= 15 is 0 Å². The van der Waals surface area contributed by atoms with Gasteiger partial charge < -0.3 is 15.1 Å². The molecule has 0 atom stereocenters. The van der Waals surface area contributed by atoms with Crippen LogP contribution in [0.2, 0.25) is 5.02 Å². The highest BCUT2D eigenvalue weighted by Crippen LogP contribution is 2.21. The average molecular weight is 485 g/mol. The molecule has 1 N–H and O–H groups in total. The molecule has 3 heterocycles. The quantitative estimate of drug-likeness (QED) is 0.556. The number of aryl methyl sites for hydroxylation is 2. The van der Waals surface area contributed by atoms with Gasteiger partial charge in [0, 0.05) is 62.8 Å². The first kappa shape index (κ1) is 23.8. The summed E-state index contributed by atoms with van der Waals surface area (Å²) in [5.74, 6) is 0.0535. The standard InChI is InChI=1S/C24H29ClN6O3/c1-3-30-19-8-9-20(27-23(19)31(4-2)24(30)34)26-21(32)10-11-22(33)29-14-12-28(13-15-29)18-7-5-6-17(25)16-18/h5-9,16H,3-4,10-15H2,1-2H3,(H,26,27,32). The lowest BCUT2D eigenvalue weighted by Gasteiger charge is -2.36. The Bertz CT molecular complexity index is 1260. The van der Waals surface area contributed by atoms with Crippen LogP contribution in [0, 0.1) is 0 Å². The number of nitrogens with one attached hydrogen (secondary N) is 1. The number of hydrogen-bond acceptors (Lipinski definition) is 5. The number of nitrogens with zero attached hydrogens (tertiary/aromatic N) is 5. The molecular formula is C24H29ClN6O3. The molecule has 1 aliphatic heterocycles. The maximum Gasteiger partial charge on any atom is 0.330 e. The number of carbonyl (C=O) groups excluding carboxylic acids is 2. The number of hydrogen-bond donors (Lipinski definition) is 1. The minimum absolute atomic E-state index is 0.0378. The molecule has 0 unspecified atom stereocenters. The normalized spacial score (nSPS) is 14.0. The van der Waals surface area contributed by atoms with Crippen molar-refractivity contribution in [2.24, 2.45) is 0 Å². The van der Waals surface area contributed by atoms with E-state index in [1.807, 2.05) is 38.1 Å². The zero-order chi connectivity index (χ0) is 24.2. The van der Waals surface area contributed by atoms with Crippen LogP contribution >= 0.6 is 11.6 Å². The molecule has 0 aliphatic carbocycles. The number of benzene rings is 1. The Morgan fingerprint density at radius 3 is 2.41 bits per heavy atom. The number of amides is 2. The van der Waals surface area contributed by atoms with Gasteiger partial charge in [-0.25, -0.2) is 9.78 Å². The molecule has 0 bridgehead atoms. The third-order valence-electron chi connectivity index (χ3n) is 6.13. The Kier molecular flexibility index (Phi) is 7.21. The number of pyridine rings is 1. The second kappa shape index (κ2) is 10.3. The number of anilines is 2. The van der Waals surface area contributed by atoms with Crippen molar-refractivity contribution in [2.45, 2.75) is 39.8 Å². The molecule has 1 aliphatic rings. The van der Waals surface area contributed by atoms with E-state index in [9.17, 15) is 14.4 Å². The van der Waals surface area contributed by atoms with E-state index in [0.29, 0.717) is 42.7 Å². The fraction of sp³-hybridized carbons (Fsp3) is 0.417. The number of fused-ring (bicyclic) bond motifs is 1. The molecule has 9 nitrogen and oxygen atoms in total. The lowest BCUT2D eigenvalue weighted by molar-refractivity contribution is -0.133. The van der Waals surface area contributed by atoms with Crippen LogP contribution in [0.15, 0.2) is 41.2 Å². The molecule has 3 aromatic rings. The molecule has 34 heavy (non-hydrogen) atoms. The van der Waals surface area contributed by atoms with Gasteiger partial charge in [0.05, 0.1) is 5.52 Å². The van der Waals surface area contributed by atoms with Crippen LogP contribution in [0.4, 0.5) is 11.5 Å². The summed E-state index contributed by atoms with van der Waals surface area (Å²) < 4.78 is 3.24. The Morgan fingerprint density at radius 1 is 1.00 bits per heavy atom. The van der Waals surface area contributed by atoms with E-state index in [4.69, 9.17) is 11.6 Å². The number of piperazine rings is 1. The average Bonchev–Trinajstić information content (AvgIpc) is 3.12. The van der Waals surface area contributed by atoms with Crippen LogP contribution < -0.4 is 15.9 Å². The van der Waals surface area contributed by atoms with Gasteiger partial charge in [0.25, 0.3) is 0 Å². The summed E-state index contributed by atoms with van der Waals surface area (Å²) in [7, 11) is 0. The summed E-state index contributed by atoms with van der Waals surface area (Å²) in [6, 6.07) is 11.2. The van der Waals surface area contributed by atoms with Gasteiger partial charge in [0.15, 0.2) is 5.65 Å². The van der Waals surface area contributed by atoms with Crippen LogP contribution in [0.1, 0.15) is 26.7 Å². The van der Waals surface area contributed by atoms with E-state index in [-0.39, 0.29) is 30.3 Å². The number of imidazole rings is 1. The molecule has 2 amide bonds. The molecule has 0 saturated carbocycles. The minimum Gasteiger partial charge on any atom is -0.368 e. The van der Waals surface area contributed by atoms with Gasteiger partial charge in [0.1, 0.15) is 5.82 Å². The molecule has 0 radical (unpaired) electrons. The highest BCUT2D eigenvalue weighted by Gasteiger charge is 2.22. The number of rotatable bonds is 7. The molecule has 4 rings (SSSR count). The Hall–Kier alpha value is -3.33. The second-order valence-corrected chi connectivity index (χ2v) is 8.64. The van der Waals surface area contributed by atoms with Crippen LogP contribution in [-0.4, -0.2) is 57.0 Å². The number of aromatic nitrogens is 3. The fourth-order valence-corrected chi connectivity index (χ4v) is 4.51. The largest absolute Gasteiger partial charge is 0.368 e. The SMILES string of the molecule is CCn1c(=O)n(CC)c2nc(NC(=O)CCC(=O)N3CCN(c4cccc(Cl)c4)CC3)ccc21. The molecule has 2 aromatic heterocycles. The zero-order valence-electron chi connectivity index (χ0n) is 19.5. The van der Waals surface area contributed by atoms with Crippen LogP contribution in [0.3, 0.4) is 0 Å². The monoisotopic (exact) mass is 484 g/mol. The van der Waals surface area contributed by atoms with Crippen molar-refractivity contribution in [1.29, 1.82) is 0 Å². The molecule has 10 heteroatoms. The smallest absolute Gasteiger partial charge is 0.330 e. The second-order valence-electron chi connectivity index (χ2n) is 8.21. The predicted molar refractivity (Wildman–Crippen MR) is 133 cm³/mol. The van der Waals surface area contributed by atoms with Crippen LogP contribution in [-0.2, 0) is 22.7 Å². The van der Waals surface area contributed by atoms with Crippen molar-refractivity contribution in [3.8, 4) is 0 Å². The Morgan fingerprint density at radius 2 is 1.74 bits per heavy atom. The van der Waals surface area contributed by atoms with E-state index in [0.717, 1.165) is 24.3 Å². The summed E-state index contributed by atoms with van der Waals surface area (Å²) in [6.45, 7) is 7.48. The van der Waals surface area contributed by atoms with Crippen LogP contribution in [0.25, 0.3) is 11.2 Å². The lowest BCUT2D eigenvalue weighted by Crippen LogP contribution is -2.48. The minimum atomic E-state index is -0.280. The number of carbonyl (C=O) groups is 2. The van der Waals surface area contributed by atoms with Crippen molar-refractivity contribution in [3.05, 3.63) is 51.9 Å². The maximum absolute atomic E-state index is 12.6. The molecule has 0 spiro atoms. The summed E-state index contributed by atoms with van der Waals surface area (Å²) in [6.07, 6.45) is 0.209. The van der Waals surface area contributed by atoms with Crippen molar-refractivity contribution in [3.63, 3.8) is 0 Å². The summed E-state index contributed by atoms with van der Waals surface area (Å²) >= 11 is 6.08. The summed E-state index contributed by atoms with van der Waals surface area (Å²) in [4.78, 5) is 46.1. The topological polar surface area (TPSA) is 92.5 Å². The van der Waals surface area contributed by atoms with E-state index in [1.54, 1.807) is 26.2 Å². The molecule has 1 saturated heterocycles. The molecular weight excluding hydrogens is 456 g/mol. The maximum atomic E-state index is 12.6. The molecule has 1 fully saturated rings. The third-order valence-corrected chi connectivity index (χ3v) is 6.37. The van der Waals surface area contributed by atoms with Gasteiger partial charge in [-0.05, 0) is 44.2 Å². The van der Waals surface area contributed by atoms with E-state index in [2.05, 4.69) is 15.2 Å². The molecule has 180 valence electrons. The summed E-state index contributed by atoms with van der Waals surface area (Å²) in [5.41, 5.74) is 2.21. The summed E-state index contributed by atoms with van der Waals surface area (Å²) in [5, 5.41) is 3.45. The van der Waals surface area contributed by atoms with E-state index < -0.39 is 0 Å². The van der Waals surface area contributed by atoms with Gasteiger partial charge in [-0.3, -0.25) is 18.7 Å². The first-order valence-corrected chi connectivity index (χ1v) is 12.0. The van der Waals surface area contributed by atoms with Crippen molar-refractivity contribution in [2.75, 3.05) is 36.4 Å². The Labute approximate surface area is 202 Å². The lowest BCUT2D eigenvalue weighted by atomic mass is 10.2.